The maximum Gasteiger partial charge on any atom is 0.234 e. The van der Waals surface area contributed by atoms with Crippen LogP contribution < -0.4 is 15.5 Å². The Labute approximate surface area is 154 Å². The summed E-state index contributed by atoms with van der Waals surface area (Å²) < 4.78 is 0. The van der Waals surface area contributed by atoms with Crippen molar-refractivity contribution in [2.45, 2.75) is 24.8 Å². The van der Waals surface area contributed by atoms with E-state index in [4.69, 9.17) is 0 Å². The van der Waals surface area contributed by atoms with Gasteiger partial charge in [-0.15, -0.1) is 0 Å². The molecule has 2 aliphatic heterocycles. The second-order valence-corrected chi connectivity index (χ2v) is 7.55. The molecule has 3 heterocycles. The van der Waals surface area contributed by atoms with Gasteiger partial charge in [0.1, 0.15) is 5.03 Å². The molecule has 4 rings (SSSR count). The Morgan fingerprint density at radius 1 is 1.28 bits per heavy atom. The average molecular weight is 359 g/mol. The molecule has 1 aromatic heterocycles. The number of piperidine rings is 1. The van der Waals surface area contributed by atoms with Gasteiger partial charge < -0.3 is 15.5 Å². The number of nitrogens with zero attached hydrogens (tertiary/aromatic N) is 3. The zero-order valence-electron chi connectivity index (χ0n) is 14.2. The average Bonchev–Trinajstić information content (AvgIpc) is 2.63. The molecular formula is C18H25N5OS. The quantitative estimate of drug-likeness (QED) is 0.808. The molecule has 0 radical (unpaired) electrons. The fourth-order valence-electron chi connectivity index (χ4n) is 3.09. The third kappa shape index (κ3) is 3.71. The molecule has 0 unspecified atom stereocenters. The molecule has 2 aliphatic rings. The number of hydrogen-bond acceptors (Lipinski definition) is 6. The Morgan fingerprint density at radius 2 is 2.04 bits per heavy atom. The lowest BCUT2D eigenvalue weighted by Gasteiger charge is -2.32. The molecule has 1 saturated heterocycles. The first-order valence-corrected chi connectivity index (χ1v) is 9.58. The molecule has 0 aliphatic carbocycles. The summed E-state index contributed by atoms with van der Waals surface area (Å²) in [5, 5.41) is 6.82. The predicted octanol–water partition coefficient (Wildman–Crippen LogP) is 3.99. The van der Waals surface area contributed by atoms with Gasteiger partial charge in [-0.2, -0.15) is 0 Å². The van der Waals surface area contributed by atoms with E-state index in [0.29, 0.717) is 17.4 Å². The van der Waals surface area contributed by atoms with Gasteiger partial charge in [-0.25, -0.2) is 9.97 Å². The van der Waals surface area contributed by atoms with Crippen molar-refractivity contribution in [3.8, 4) is 0 Å². The minimum Gasteiger partial charge on any atom is -0.372 e. The van der Waals surface area contributed by atoms with Crippen LogP contribution in [0.3, 0.4) is 0 Å². The third-order valence-electron chi connectivity index (χ3n) is 4.64. The smallest absolute Gasteiger partial charge is 0.234 e. The summed E-state index contributed by atoms with van der Waals surface area (Å²) in [5.41, 5.74) is 2.91. The van der Waals surface area contributed by atoms with Gasteiger partial charge in [-0.1, -0.05) is 18.7 Å². The van der Waals surface area contributed by atoms with E-state index >= 15 is 0 Å². The van der Waals surface area contributed by atoms with Gasteiger partial charge >= 0.3 is 0 Å². The fraction of sp³-hybridized carbons (Fsp3) is 0.389. The maximum atomic E-state index is 11.4. The molecule has 0 atom stereocenters. The van der Waals surface area contributed by atoms with Crippen molar-refractivity contribution in [2.75, 3.05) is 34.4 Å². The molecule has 25 heavy (non-hydrogen) atoms. The summed E-state index contributed by atoms with van der Waals surface area (Å²) in [5.74, 6) is 1.76. The van der Waals surface area contributed by atoms with Crippen LogP contribution in [0.4, 0.5) is 23.0 Å². The van der Waals surface area contributed by atoms with Crippen LogP contribution in [0.15, 0.2) is 35.5 Å². The summed E-state index contributed by atoms with van der Waals surface area (Å²) in [7, 11) is 0. The van der Waals surface area contributed by atoms with Crippen LogP contribution in [0.2, 0.25) is 0 Å². The Bertz CT molecular complexity index is 782. The number of aromatic nitrogens is 2. The molecule has 7 heteroatoms. The molecule has 1 aromatic carbocycles. The first-order chi connectivity index (χ1) is 12.2. The van der Waals surface area contributed by atoms with Crippen molar-refractivity contribution < 1.29 is 7.65 Å². The predicted molar refractivity (Wildman–Crippen MR) is 106 cm³/mol. The van der Waals surface area contributed by atoms with Gasteiger partial charge in [0.2, 0.25) is 11.9 Å². The zero-order chi connectivity index (χ0) is 17.2. The molecule has 2 N–H and O–H groups in total. The van der Waals surface area contributed by atoms with Crippen molar-refractivity contribution in [3.05, 3.63) is 30.5 Å². The number of benzene rings is 1. The number of hydrogen-bond donors (Lipinski definition) is 2. The first kappa shape index (κ1) is 16.2. The highest BCUT2D eigenvalue weighted by Crippen LogP contribution is 2.30. The molecule has 134 valence electrons. The van der Waals surface area contributed by atoms with Crippen molar-refractivity contribution >= 4 is 40.7 Å². The molecular weight excluding hydrogens is 334 g/mol. The van der Waals surface area contributed by atoms with Gasteiger partial charge in [-0.05, 0) is 43.0 Å². The standard InChI is InChI=1S/C18H21N5OS.2H2/c1-12-6-8-23(9-7-12)14-4-2-13(3-5-14)20-18-19-10-15-17(22-18)25-11-16(24)21-15;;/h2-5,10,12H,6-9,11H2,1H3,(H,21,24)(H,19,20,22);2*1H. The van der Waals surface area contributed by atoms with Gasteiger partial charge in [0.15, 0.2) is 0 Å². The van der Waals surface area contributed by atoms with E-state index in [9.17, 15) is 4.79 Å². The zero-order valence-corrected chi connectivity index (χ0v) is 15.0. The Kier molecular flexibility index (Phi) is 4.48. The summed E-state index contributed by atoms with van der Waals surface area (Å²) in [6.07, 6.45) is 4.17. The molecule has 2 aromatic rings. The fourth-order valence-corrected chi connectivity index (χ4v) is 3.84. The van der Waals surface area contributed by atoms with E-state index in [1.54, 1.807) is 6.20 Å². The van der Waals surface area contributed by atoms with Gasteiger partial charge in [0.05, 0.1) is 17.6 Å². The molecule has 1 amide bonds. The van der Waals surface area contributed by atoms with Crippen molar-refractivity contribution in [1.29, 1.82) is 0 Å². The Balaban J connectivity index is 0.00000131. The second-order valence-electron chi connectivity index (χ2n) is 6.59. The van der Waals surface area contributed by atoms with Crippen LogP contribution in [0.1, 0.15) is 22.6 Å². The number of nitrogens with one attached hydrogen (secondary N) is 2. The normalized spacial score (nSPS) is 17.8. The van der Waals surface area contributed by atoms with Crippen molar-refractivity contribution in [2.24, 2.45) is 5.92 Å². The van der Waals surface area contributed by atoms with E-state index in [1.807, 2.05) is 0 Å². The first-order valence-electron chi connectivity index (χ1n) is 8.59. The lowest BCUT2D eigenvalue weighted by atomic mass is 9.99. The van der Waals surface area contributed by atoms with Gasteiger partial charge in [0, 0.05) is 27.3 Å². The monoisotopic (exact) mass is 359 g/mol. The molecule has 0 saturated carbocycles. The summed E-state index contributed by atoms with van der Waals surface area (Å²) in [6.45, 7) is 4.59. The van der Waals surface area contributed by atoms with Crippen LogP contribution >= 0.6 is 11.8 Å². The van der Waals surface area contributed by atoms with Crippen molar-refractivity contribution in [3.63, 3.8) is 0 Å². The lowest BCUT2D eigenvalue weighted by molar-refractivity contribution is -0.113. The van der Waals surface area contributed by atoms with Crippen LogP contribution in [-0.4, -0.2) is 34.7 Å². The largest absolute Gasteiger partial charge is 0.372 e. The van der Waals surface area contributed by atoms with E-state index in [0.717, 1.165) is 29.7 Å². The minimum absolute atomic E-state index is 0. The number of amides is 1. The SMILES string of the molecule is CC1CCN(c2ccc(Nc3ncc4c(n3)SCC(=O)N4)cc2)CC1.[HH].[HH]. The number of carbonyl (C=O) groups excluding carboxylic acids is 1. The number of thioether (sulfide) groups is 1. The lowest BCUT2D eigenvalue weighted by Crippen LogP contribution is -2.32. The van der Waals surface area contributed by atoms with E-state index < -0.39 is 0 Å². The summed E-state index contributed by atoms with van der Waals surface area (Å²) in [4.78, 5) is 22.6. The highest BCUT2D eigenvalue weighted by molar-refractivity contribution is 8.00. The molecule has 0 bridgehead atoms. The van der Waals surface area contributed by atoms with Crippen molar-refractivity contribution in [1.82, 2.24) is 9.97 Å². The number of fused-ring (bicyclic) bond motifs is 1. The second kappa shape index (κ2) is 6.92. The Hall–Kier alpha value is -2.28. The molecule has 1 fully saturated rings. The number of rotatable bonds is 3. The highest BCUT2D eigenvalue weighted by atomic mass is 32.2. The summed E-state index contributed by atoms with van der Waals surface area (Å²) >= 11 is 1.43. The molecule has 6 nitrogen and oxygen atoms in total. The number of anilines is 4. The third-order valence-corrected chi connectivity index (χ3v) is 5.63. The van der Waals surface area contributed by atoms with Gasteiger partial charge in [-0.3, -0.25) is 4.79 Å². The van der Waals surface area contributed by atoms with Crippen LogP contribution in [0.25, 0.3) is 0 Å². The maximum absolute atomic E-state index is 11.4. The van der Waals surface area contributed by atoms with E-state index in [-0.39, 0.29) is 8.76 Å². The minimum atomic E-state index is -0.00972. The number of carbonyl (C=O) groups is 1. The molecule has 0 spiro atoms. The van der Waals surface area contributed by atoms with E-state index in [2.05, 4.69) is 56.7 Å². The Morgan fingerprint density at radius 3 is 2.80 bits per heavy atom. The van der Waals surface area contributed by atoms with Crippen LogP contribution in [0, 0.1) is 5.92 Å². The van der Waals surface area contributed by atoms with Crippen LogP contribution in [-0.2, 0) is 4.79 Å². The van der Waals surface area contributed by atoms with Gasteiger partial charge in [0.25, 0.3) is 0 Å². The topological polar surface area (TPSA) is 70.1 Å². The van der Waals surface area contributed by atoms with E-state index in [1.165, 1.54) is 30.3 Å². The summed E-state index contributed by atoms with van der Waals surface area (Å²) in [6, 6.07) is 8.41. The highest BCUT2D eigenvalue weighted by Gasteiger charge is 2.18. The van der Waals surface area contributed by atoms with Crippen LogP contribution in [0.5, 0.6) is 0 Å².